The maximum Gasteiger partial charge on any atom is 0.350 e. The molecule has 2 heterocycles. The molecule has 46 heavy (non-hydrogen) atoms. The summed E-state index contributed by atoms with van der Waals surface area (Å²) in [6.45, 7) is 7.91. The second-order valence-electron chi connectivity index (χ2n) is 10.4. The number of aryl methyl sites for hydroxylation is 2. The number of hydrogen-bond donors (Lipinski definition) is 1. The molecular formula is C35H34N2O8S. The van der Waals surface area contributed by atoms with Crippen LogP contribution in [0.1, 0.15) is 57.5 Å². The summed E-state index contributed by atoms with van der Waals surface area (Å²) in [4.78, 5) is 46.0. The summed E-state index contributed by atoms with van der Waals surface area (Å²) < 4.78 is 22.4. The summed E-state index contributed by atoms with van der Waals surface area (Å²) in [5.74, 6) is -1.28. The predicted molar refractivity (Wildman–Crippen MR) is 174 cm³/mol. The van der Waals surface area contributed by atoms with Crippen molar-refractivity contribution in [2.24, 2.45) is 0 Å². The highest BCUT2D eigenvalue weighted by atomic mass is 32.1. The summed E-state index contributed by atoms with van der Waals surface area (Å²) in [6, 6.07) is 18.7. The largest absolute Gasteiger partial charge is 0.507 e. The molecule has 10 nitrogen and oxygen atoms in total. The first kappa shape index (κ1) is 32.2. The Bertz CT molecular complexity index is 1810. The monoisotopic (exact) mass is 642 g/mol. The molecule has 1 aromatic heterocycles. The molecular weight excluding hydrogens is 608 g/mol. The lowest BCUT2D eigenvalue weighted by Crippen LogP contribution is -2.29. The SMILES string of the molecule is CCOC(=O)c1sc(N2C(=O)C(=O)/C(=C(/O)c3ccc(OCc4ccccc4)c(C)c3)C2c2ccc(OCC)c(OC)c2)nc1C. The number of amides is 1. The Balaban J connectivity index is 1.61. The molecule has 1 amide bonds. The van der Waals surface area contributed by atoms with Crippen LogP contribution in [0.3, 0.4) is 0 Å². The number of esters is 1. The highest BCUT2D eigenvalue weighted by Crippen LogP contribution is 2.45. The topological polar surface area (TPSA) is 124 Å². The molecule has 238 valence electrons. The van der Waals surface area contributed by atoms with Crippen LogP contribution in [0.5, 0.6) is 17.2 Å². The van der Waals surface area contributed by atoms with Crippen LogP contribution < -0.4 is 19.1 Å². The van der Waals surface area contributed by atoms with Crippen molar-refractivity contribution in [1.82, 2.24) is 4.98 Å². The maximum absolute atomic E-state index is 13.7. The second kappa shape index (κ2) is 13.9. The van der Waals surface area contributed by atoms with E-state index in [1.54, 1.807) is 50.2 Å². The summed E-state index contributed by atoms with van der Waals surface area (Å²) in [7, 11) is 1.48. The zero-order valence-corrected chi connectivity index (χ0v) is 27.0. The molecule has 0 saturated carbocycles. The van der Waals surface area contributed by atoms with Gasteiger partial charge in [0.05, 0.1) is 37.6 Å². The predicted octanol–water partition coefficient (Wildman–Crippen LogP) is 6.55. The highest BCUT2D eigenvalue weighted by molar-refractivity contribution is 7.17. The Hall–Kier alpha value is -5.16. The first-order valence-electron chi connectivity index (χ1n) is 14.7. The molecule has 0 spiro atoms. The smallest absolute Gasteiger partial charge is 0.350 e. The fourth-order valence-electron chi connectivity index (χ4n) is 5.19. The van der Waals surface area contributed by atoms with Gasteiger partial charge in [0.2, 0.25) is 0 Å². The van der Waals surface area contributed by atoms with Gasteiger partial charge in [-0.3, -0.25) is 14.5 Å². The van der Waals surface area contributed by atoms with Crippen LogP contribution in [0.2, 0.25) is 0 Å². The van der Waals surface area contributed by atoms with E-state index in [-0.39, 0.29) is 27.9 Å². The van der Waals surface area contributed by atoms with Crippen LogP contribution >= 0.6 is 11.3 Å². The third kappa shape index (κ3) is 6.32. The first-order valence-corrected chi connectivity index (χ1v) is 15.5. The lowest BCUT2D eigenvalue weighted by atomic mass is 9.94. The van der Waals surface area contributed by atoms with E-state index < -0.39 is 23.7 Å². The normalized spacial score (nSPS) is 15.6. The first-order chi connectivity index (χ1) is 22.2. The third-order valence-electron chi connectivity index (χ3n) is 7.39. The van der Waals surface area contributed by atoms with Gasteiger partial charge in [-0.05, 0) is 74.7 Å². The van der Waals surface area contributed by atoms with Crippen LogP contribution in [-0.4, -0.2) is 48.1 Å². The van der Waals surface area contributed by atoms with E-state index in [4.69, 9.17) is 18.9 Å². The Morgan fingerprint density at radius 3 is 2.35 bits per heavy atom. The Kier molecular flexibility index (Phi) is 9.72. The zero-order valence-electron chi connectivity index (χ0n) is 26.2. The second-order valence-corrected chi connectivity index (χ2v) is 11.4. The molecule has 1 saturated heterocycles. The molecule has 1 N–H and O–H groups in total. The van der Waals surface area contributed by atoms with Crippen LogP contribution in [0.4, 0.5) is 5.13 Å². The molecule has 1 unspecified atom stereocenters. The molecule has 1 aliphatic rings. The van der Waals surface area contributed by atoms with E-state index in [1.165, 1.54) is 12.0 Å². The third-order valence-corrected chi connectivity index (χ3v) is 8.52. The molecule has 1 aliphatic heterocycles. The number of ether oxygens (including phenoxy) is 4. The van der Waals surface area contributed by atoms with Gasteiger partial charge >= 0.3 is 11.9 Å². The minimum atomic E-state index is -1.10. The molecule has 1 fully saturated rings. The number of aromatic nitrogens is 1. The van der Waals surface area contributed by atoms with Gasteiger partial charge in [0.1, 0.15) is 23.0 Å². The number of ketones is 1. The molecule has 0 radical (unpaired) electrons. The fraction of sp³-hybridized carbons (Fsp3) is 0.257. The van der Waals surface area contributed by atoms with Crippen molar-refractivity contribution in [2.45, 2.75) is 40.3 Å². The van der Waals surface area contributed by atoms with Crippen molar-refractivity contribution in [3.05, 3.63) is 105 Å². The quantitative estimate of drug-likeness (QED) is 0.0839. The van der Waals surface area contributed by atoms with Crippen LogP contribution in [0.25, 0.3) is 5.76 Å². The van der Waals surface area contributed by atoms with E-state index >= 15 is 0 Å². The van der Waals surface area contributed by atoms with E-state index in [0.29, 0.717) is 47.3 Å². The standard InChI is InChI=1S/C35H34N2O8S/c1-6-43-26-16-13-23(18-27(26)42-5)29-28(31(39)33(40)37(29)35-36-21(4)32(46-35)34(41)44-7-2)30(38)24-14-15-25(20(3)17-24)45-19-22-11-9-8-10-12-22/h8-18,29,38H,6-7,19H2,1-5H3/b30-28+. The van der Waals surface area contributed by atoms with Crippen LogP contribution in [0, 0.1) is 13.8 Å². The minimum absolute atomic E-state index is 0.111. The minimum Gasteiger partial charge on any atom is -0.507 e. The molecule has 0 bridgehead atoms. The summed E-state index contributed by atoms with van der Waals surface area (Å²) in [5.41, 5.74) is 2.73. The summed E-state index contributed by atoms with van der Waals surface area (Å²) >= 11 is 0.938. The van der Waals surface area contributed by atoms with Gasteiger partial charge in [-0.1, -0.05) is 47.7 Å². The van der Waals surface area contributed by atoms with Gasteiger partial charge in [0.25, 0.3) is 5.78 Å². The van der Waals surface area contributed by atoms with Gasteiger partial charge in [-0.15, -0.1) is 0 Å². The lowest BCUT2D eigenvalue weighted by molar-refractivity contribution is -0.132. The number of carbonyl (C=O) groups is 3. The molecule has 0 aliphatic carbocycles. The van der Waals surface area contributed by atoms with Crippen molar-refractivity contribution in [1.29, 1.82) is 0 Å². The number of Topliss-reactive ketones (excluding diaryl/α,β-unsaturated/α-hetero) is 1. The summed E-state index contributed by atoms with van der Waals surface area (Å²) in [5, 5.41) is 11.8. The van der Waals surface area contributed by atoms with Gasteiger partial charge in [-0.2, -0.15) is 0 Å². The molecule has 4 aromatic rings. The number of aliphatic hydroxyl groups excluding tert-OH is 1. The number of hydrogen-bond acceptors (Lipinski definition) is 10. The van der Waals surface area contributed by atoms with Crippen molar-refractivity contribution in [2.75, 3.05) is 25.2 Å². The Morgan fingerprint density at radius 2 is 1.67 bits per heavy atom. The number of nitrogens with zero attached hydrogens (tertiary/aromatic N) is 2. The maximum atomic E-state index is 13.7. The molecule has 3 aromatic carbocycles. The van der Waals surface area contributed by atoms with Crippen LogP contribution in [-0.2, 0) is 20.9 Å². The average molecular weight is 643 g/mol. The molecule has 11 heteroatoms. The fourth-order valence-corrected chi connectivity index (χ4v) is 6.18. The zero-order chi connectivity index (χ0) is 33.0. The van der Waals surface area contributed by atoms with Gasteiger partial charge in [0, 0.05) is 5.56 Å². The van der Waals surface area contributed by atoms with Crippen molar-refractivity contribution < 1.29 is 38.4 Å². The number of carbonyl (C=O) groups excluding carboxylic acids is 3. The van der Waals surface area contributed by atoms with Gasteiger partial charge in [-0.25, -0.2) is 9.78 Å². The van der Waals surface area contributed by atoms with E-state index in [9.17, 15) is 19.5 Å². The summed E-state index contributed by atoms with van der Waals surface area (Å²) in [6.07, 6.45) is 0. The highest BCUT2D eigenvalue weighted by Gasteiger charge is 2.48. The molecule has 1 atom stereocenters. The van der Waals surface area contributed by atoms with Crippen LogP contribution in [0.15, 0.2) is 72.3 Å². The van der Waals surface area contributed by atoms with E-state index in [2.05, 4.69) is 4.98 Å². The number of thiazole rings is 1. The number of rotatable bonds is 11. The number of methoxy groups -OCH3 is 1. The average Bonchev–Trinajstić information content (AvgIpc) is 3.57. The van der Waals surface area contributed by atoms with Crippen molar-refractivity contribution in [3.8, 4) is 17.2 Å². The lowest BCUT2D eigenvalue weighted by Gasteiger charge is -2.24. The van der Waals surface area contributed by atoms with E-state index in [1.807, 2.05) is 44.2 Å². The van der Waals surface area contributed by atoms with Crippen molar-refractivity contribution >= 4 is 39.9 Å². The molecule has 5 rings (SSSR count). The Labute approximate surface area is 270 Å². The van der Waals surface area contributed by atoms with Crippen molar-refractivity contribution in [3.63, 3.8) is 0 Å². The van der Waals surface area contributed by atoms with Gasteiger partial charge in [0.15, 0.2) is 16.6 Å². The Morgan fingerprint density at radius 1 is 0.935 bits per heavy atom. The number of anilines is 1. The van der Waals surface area contributed by atoms with E-state index in [0.717, 1.165) is 22.5 Å². The van der Waals surface area contributed by atoms with Gasteiger partial charge < -0.3 is 24.1 Å². The number of benzene rings is 3. The number of aliphatic hydroxyl groups is 1.